The van der Waals surface area contributed by atoms with Crippen LogP contribution in [0, 0.1) is 0 Å². The molecular weight excluding hydrogens is 290 g/mol. The Morgan fingerprint density at radius 2 is 1.89 bits per heavy atom. The van der Waals surface area contributed by atoms with Gasteiger partial charge in [-0.2, -0.15) is 0 Å². The minimum Gasteiger partial charge on any atom is -0.389 e. The third-order valence-corrected chi connectivity index (χ3v) is 4.71. The molecule has 0 radical (unpaired) electrons. The third-order valence-electron chi connectivity index (χ3n) is 3.94. The summed E-state index contributed by atoms with van der Waals surface area (Å²) in [6.45, 7) is 6.44. The maximum atomic E-state index is 10.7. The lowest BCUT2D eigenvalue weighted by Gasteiger charge is -2.40. The first-order valence-electron chi connectivity index (χ1n) is 6.70. The maximum absolute atomic E-state index is 10.7. The van der Waals surface area contributed by atoms with Gasteiger partial charge in [0.1, 0.15) is 0 Å². The molecule has 0 unspecified atom stereocenters. The van der Waals surface area contributed by atoms with Crippen LogP contribution in [0.3, 0.4) is 0 Å². The Morgan fingerprint density at radius 1 is 1.28 bits per heavy atom. The maximum Gasteiger partial charge on any atom is 0.0712 e. The van der Waals surface area contributed by atoms with Crippen LogP contribution < -0.4 is 0 Å². The van der Waals surface area contributed by atoms with Crippen LogP contribution >= 0.6 is 15.9 Å². The molecule has 2 rings (SSSR count). The summed E-state index contributed by atoms with van der Waals surface area (Å²) in [5.74, 6) is 0. The molecule has 1 saturated heterocycles. The van der Waals surface area contributed by atoms with Gasteiger partial charge in [-0.15, -0.1) is 0 Å². The summed E-state index contributed by atoms with van der Waals surface area (Å²) in [5.41, 5.74) is 0.674. The standard InChI is InChI=1S/C15H22BrNO/c1-12(2)17-9-7-15(18,8-10-17)11-13-5-3-4-6-14(13)16/h3-6,12,18H,7-11H2,1-2H3. The minimum atomic E-state index is -0.532. The predicted molar refractivity (Wildman–Crippen MR) is 78.7 cm³/mol. The normalized spacial score (nSPS) is 20.3. The quantitative estimate of drug-likeness (QED) is 0.926. The molecule has 0 atom stereocenters. The van der Waals surface area contributed by atoms with Crippen LogP contribution in [0.2, 0.25) is 0 Å². The lowest BCUT2D eigenvalue weighted by Crippen LogP contribution is -2.47. The number of likely N-dealkylation sites (tertiary alicyclic amines) is 1. The van der Waals surface area contributed by atoms with Crippen molar-refractivity contribution in [2.75, 3.05) is 13.1 Å². The number of rotatable bonds is 3. The van der Waals surface area contributed by atoms with E-state index < -0.39 is 5.60 Å². The van der Waals surface area contributed by atoms with Crippen LogP contribution in [-0.2, 0) is 6.42 Å². The van der Waals surface area contributed by atoms with Gasteiger partial charge in [-0.3, -0.25) is 0 Å². The van der Waals surface area contributed by atoms with E-state index in [1.54, 1.807) is 0 Å². The molecular formula is C15H22BrNO. The minimum absolute atomic E-state index is 0.532. The fourth-order valence-corrected chi connectivity index (χ4v) is 3.05. The molecule has 0 aromatic heterocycles. The molecule has 1 aliphatic rings. The summed E-state index contributed by atoms with van der Waals surface area (Å²) in [4.78, 5) is 2.44. The topological polar surface area (TPSA) is 23.5 Å². The van der Waals surface area contributed by atoms with Gasteiger partial charge in [-0.1, -0.05) is 34.1 Å². The Hall–Kier alpha value is -0.380. The third kappa shape index (κ3) is 3.34. The van der Waals surface area contributed by atoms with Crippen molar-refractivity contribution in [3.63, 3.8) is 0 Å². The summed E-state index contributed by atoms with van der Waals surface area (Å²) in [6.07, 6.45) is 2.49. The Kier molecular flexibility index (Phi) is 4.46. The molecule has 1 N–H and O–H groups in total. The molecule has 1 fully saturated rings. The molecule has 0 saturated carbocycles. The van der Waals surface area contributed by atoms with E-state index >= 15 is 0 Å². The molecule has 1 aromatic rings. The Bertz CT molecular complexity index is 397. The smallest absolute Gasteiger partial charge is 0.0712 e. The lowest BCUT2D eigenvalue weighted by molar-refractivity contribution is -0.0272. The van der Waals surface area contributed by atoms with Crippen LogP contribution in [0.1, 0.15) is 32.3 Å². The summed E-state index contributed by atoms with van der Waals surface area (Å²) in [6, 6.07) is 8.77. The highest BCUT2D eigenvalue weighted by atomic mass is 79.9. The number of benzene rings is 1. The number of halogens is 1. The van der Waals surface area contributed by atoms with Crippen molar-refractivity contribution in [3.05, 3.63) is 34.3 Å². The number of aliphatic hydroxyl groups is 1. The van der Waals surface area contributed by atoms with Crippen molar-refractivity contribution < 1.29 is 5.11 Å². The SMILES string of the molecule is CC(C)N1CCC(O)(Cc2ccccc2Br)CC1. The summed E-state index contributed by atoms with van der Waals surface area (Å²) in [5, 5.41) is 10.7. The van der Waals surface area contributed by atoms with E-state index in [4.69, 9.17) is 0 Å². The molecule has 2 nitrogen and oxygen atoms in total. The van der Waals surface area contributed by atoms with Gasteiger partial charge in [-0.25, -0.2) is 0 Å². The summed E-state index contributed by atoms with van der Waals surface area (Å²) < 4.78 is 1.10. The van der Waals surface area contributed by atoms with Gasteiger partial charge in [-0.05, 0) is 38.3 Å². The first-order chi connectivity index (χ1) is 8.50. The van der Waals surface area contributed by atoms with Crippen LogP contribution in [0.25, 0.3) is 0 Å². The lowest BCUT2D eigenvalue weighted by atomic mass is 9.85. The monoisotopic (exact) mass is 311 g/mol. The van der Waals surface area contributed by atoms with E-state index in [0.29, 0.717) is 6.04 Å². The Labute approximate surface area is 118 Å². The van der Waals surface area contributed by atoms with E-state index in [-0.39, 0.29) is 0 Å². The van der Waals surface area contributed by atoms with Crippen molar-refractivity contribution >= 4 is 15.9 Å². The van der Waals surface area contributed by atoms with Gasteiger partial charge in [0.25, 0.3) is 0 Å². The van der Waals surface area contributed by atoms with Crippen molar-refractivity contribution in [1.82, 2.24) is 4.90 Å². The van der Waals surface area contributed by atoms with Gasteiger partial charge in [0.05, 0.1) is 5.60 Å². The molecule has 0 spiro atoms. The average molecular weight is 312 g/mol. The highest BCUT2D eigenvalue weighted by Crippen LogP contribution is 2.29. The molecule has 1 heterocycles. The highest BCUT2D eigenvalue weighted by Gasteiger charge is 2.33. The van der Waals surface area contributed by atoms with E-state index in [1.165, 1.54) is 5.56 Å². The van der Waals surface area contributed by atoms with E-state index in [2.05, 4.69) is 40.7 Å². The molecule has 100 valence electrons. The van der Waals surface area contributed by atoms with Crippen LogP contribution in [0.4, 0.5) is 0 Å². The van der Waals surface area contributed by atoms with Gasteiger partial charge in [0, 0.05) is 30.0 Å². The molecule has 1 aromatic carbocycles. The second kappa shape index (κ2) is 5.72. The van der Waals surface area contributed by atoms with E-state index in [0.717, 1.165) is 36.8 Å². The largest absolute Gasteiger partial charge is 0.389 e. The van der Waals surface area contributed by atoms with Gasteiger partial charge >= 0.3 is 0 Å². The predicted octanol–water partition coefficient (Wildman–Crippen LogP) is 3.23. The fourth-order valence-electron chi connectivity index (χ4n) is 2.63. The molecule has 3 heteroatoms. The molecule has 0 amide bonds. The van der Waals surface area contributed by atoms with Crippen LogP contribution in [0.5, 0.6) is 0 Å². The molecule has 1 aliphatic heterocycles. The van der Waals surface area contributed by atoms with Crippen molar-refractivity contribution in [2.24, 2.45) is 0 Å². The summed E-state index contributed by atoms with van der Waals surface area (Å²) >= 11 is 3.56. The first-order valence-corrected chi connectivity index (χ1v) is 7.49. The molecule has 18 heavy (non-hydrogen) atoms. The Balaban J connectivity index is 2.00. The van der Waals surface area contributed by atoms with Crippen molar-refractivity contribution in [3.8, 4) is 0 Å². The summed E-state index contributed by atoms with van der Waals surface area (Å²) in [7, 11) is 0. The number of hydrogen-bond acceptors (Lipinski definition) is 2. The first kappa shape index (κ1) is 14.0. The number of hydrogen-bond donors (Lipinski definition) is 1. The van der Waals surface area contributed by atoms with Crippen LogP contribution in [0.15, 0.2) is 28.7 Å². The van der Waals surface area contributed by atoms with E-state index in [9.17, 15) is 5.11 Å². The molecule has 0 aliphatic carbocycles. The van der Waals surface area contributed by atoms with Gasteiger partial charge < -0.3 is 10.0 Å². The van der Waals surface area contributed by atoms with Gasteiger partial charge in [0.15, 0.2) is 0 Å². The zero-order valence-electron chi connectivity index (χ0n) is 11.2. The fraction of sp³-hybridized carbons (Fsp3) is 0.600. The second-order valence-electron chi connectivity index (χ2n) is 5.62. The average Bonchev–Trinajstić information content (AvgIpc) is 2.32. The second-order valence-corrected chi connectivity index (χ2v) is 6.48. The van der Waals surface area contributed by atoms with E-state index in [1.807, 2.05) is 18.2 Å². The van der Waals surface area contributed by atoms with Gasteiger partial charge in [0.2, 0.25) is 0 Å². The van der Waals surface area contributed by atoms with Crippen molar-refractivity contribution in [1.29, 1.82) is 0 Å². The Morgan fingerprint density at radius 3 is 2.44 bits per heavy atom. The number of nitrogens with zero attached hydrogens (tertiary/aromatic N) is 1. The highest BCUT2D eigenvalue weighted by molar-refractivity contribution is 9.10. The zero-order chi connectivity index (χ0) is 13.2. The van der Waals surface area contributed by atoms with Crippen molar-refractivity contribution in [2.45, 2.75) is 44.8 Å². The van der Waals surface area contributed by atoms with Crippen LogP contribution in [-0.4, -0.2) is 34.7 Å². The number of piperidine rings is 1. The molecule has 0 bridgehead atoms. The zero-order valence-corrected chi connectivity index (χ0v) is 12.8.